The van der Waals surface area contributed by atoms with Gasteiger partial charge < -0.3 is 10.3 Å². The van der Waals surface area contributed by atoms with E-state index >= 15 is 0 Å². The molecule has 3 nitrogen and oxygen atoms in total. The topological polar surface area (TPSA) is 52.0 Å². The minimum absolute atomic E-state index is 0.00102. The zero-order valence-corrected chi connectivity index (χ0v) is 10.8. The normalized spacial score (nSPS) is 12.2. The molecule has 0 spiro atoms. The van der Waals surface area contributed by atoms with Crippen LogP contribution in [0.4, 0.5) is 23.4 Å². The van der Waals surface area contributed by atoms with Crippen molar-refractivity contribution in [2.75, 3.05) is 5.73 Å². The van der Waals surface area contributed by atoms with Crippen molar-refractivity contribution in [3.05, 3.63) is 35.1 Å². The number of rotatable bonds is 2. The largest absolute Gasteiger partial charge is 0.416 e. The first-order valence-electron chi connectivity index (χ1n) is 5.84. The van der Waals surface area contributed by atoms with Crippen LogP contribution in [0.25, 0.3) is 11.3 Å². The molecule has 1 heterocycles. The Kier molecular flexibility index (Phi) is 3.45. The highest BCUT2D eigenvalue weighted by Crippen LogP contribution is 2.37. The fraction of sp³-hybridized carbons (Fsp3) is 0.308. The van der Waals surface area contributed by atoms with E-state index in [0.29, 0.717) is 17.7 Å². The molecule has 0 aliphatic rings. The van der Waals surface area contributed by atoms with Gasteiger partial charge in [-0.2, -0.15) is 13.2 Å². The first-order chi connectivity index (χ1) is 9.21. The summed E-state index contributed by atoms with van der Waals surface area (Å²) in [4.78, 5) is 0. The lowest BCUT2D eigenvalue weighted by Gasteiger charge is -2.10. The van der Waals surface area contributed by atoms with Crippen LogP contribution in [-0.4, -0.2) is 5.16 Å². The van der Waals surface area contributed by atoms with Crippen LogP contribution in [0, 0.1) is 5.82 Å². The molecular weight excluding hydrogens is 276 g/mol. The Morgan fingerprint density at radius 2 is 1.90 bits per heavy atom. The second kappa shape index (κ2) is 4.81. The molecule has 0 amide bonds. The molecule has 0 aliphatic carbocycles. The van der Waals surface area contributed by atoms with Crippen molar-refractivity contribution in [1.29, 1.82) is 0 Å². The highest BCUT2D eigenvalue weighted by Gasteiger charge is 2.32. The van der Waals surface area contributed by atoms with E-state index in [9.17, 15) is 17.6 Å². The van der Waals surface area contributed by atoms with E-state index in [1.165, 1.54) is 0 Å². The van der Waals surface area contributed by atoms with E-state index < -0.39 is 17.6 Å². The smallest absolute Gasteiger partial charge is 0.367 e. The number of anilines is 1. The summed E-state index contributed by atoms with van der Waals surface area (Å²) >= 11 is 0. The lowest BCUT2D eigenvalue weighted by molar-refractivity contribution is -0.137. The predicted molar refractivity (Wildman–Crippen MR) is 65.4 cm³/mol. The van der Waals surface area contributed by atoms with Gasteiger partial charge in [-0.05, 0) is 24.1 Å². The Labute approximate surface area is 112 Å². The SMILES string of the molecule is CC(C)c1c(-c2cc(C(F)(F)F)ccc2F)noc1N. The number of halogens is 4. The Balaban J connectivity index is 2.64. The van der Waals surface area contributed by atoms with Gasteiger partial charge in [0.25, 0.3) is 0 Å². The molecule has 1 aromatic heterocycles. The maximum atomic E-state index is 13.8. The summed E-state index contributed by atoms with van der Waals surface area (Å²) in [5.41, 5.74) is 4.74. The molecule has 7 heteroatoms. The maximum absolute atomic E-state index is 13.8. The van der Waals surface area contributed by atoms with Gasteiger partial charge in [-0.3, -0.25) is 0 Å². The molecule has 2 aromatic rings. The van der Waals surface area contributed by atoms with Crippen LogP contribution >= 0.6 is 0 Å². The van der Waals surface area contributed by atoms with Gasteiger partial charge in [-0.25, -0.2) is 4.39 Å². The number of hydrogen-bond acceptors (Lipinski definition) is 3. The zero-order chi connectivity index (χ0) is 15.1. The lowest BCUT2D eigenvalue weighted by atomic mass is 9.97. The molecular formula is C13H12F4N2O. The molecule has 0 fully saturated rings. The molecule has 2 rings (SSSR count). The van der Waals surface area contributed by atoms with Crippen molar-refractivity contribution in [2.24, 2.45) is 0 Å². The summed E-state index contributed by atoms with van der Waals surface area (Å²) < 4.78 is 56.6. The standard InChI is InChI=1S/C13H12F4N2O/c1-6(2)10-11(19-20-12(10)18)8-5-7(13(15,16)17)3-4-9(8)14/h3-6H,18H2,1-2H3. The summed E-state index contributed by atoms with van der Waals surface area (Å²) in [6, 6.07) is 2.14. The van der Waals surface area contributed by atoms with E-state index in [0.717, 1.165) is 6.07 Å². The molecule has 20 heavy (non-hydrogen) atoms. The van der Waals surface area contributed by atoms with Gasteiger partial charge in [-0.1, -0.05) is 19.0 Å². The molecule has 0 aliphatic heterocycles. The fourth-order valence-electron chi connectivity index (χ4n) is 1.95. The number of nitrogen functional groups attached to an aromatic ring is 1. The van der Waals surface area contributed by atoms with Crippen LogP contribution in [0.1, 0.15) is 30.9 Å². The quantitative estimate of drug-likeness (QED) is 0.842. The maximum Gasteiger partial charge on any atom is 0.416 e. The second-order valence-electron chi connectivity index (χ2n) is 4.66. The number of benzene rings is 1. The van der Waals surface area contributed by atoms with Crippen molar-refractivity contribution in [1.82, 2.24) is 5.16 Å². The minimum atomic E-state index is -4.56. The van der Waals surface area contributed by atoms with Crippen molar-refractivity contribution in [3.63, 3.8) is 0 Å². The molecule has 108 valence electrons. The van der Waals surface area contributed by atoms with E-state index in [1.54, 1.807) is 13.8 Å². The van der Waals surface area contributed by atoms with E-state index in [1.807, 2.05) is 0 Å². The number of hydrogen-bond donors (Lipinski definition) is 1. The Bertz CT molecular complexity index is 632. The van der Waals surface area contributed by atoms with Crippen LogP contribution in [0.5, 0.6) is 0 Å². The second-order valence-corrected chi connectivity index (χ2v) is 4.66. The molecule has 2 N–H and O–H groups in total. The van der Waals surface area contributed by atoms with Crippen molar-refractivity contribution in [3.8, 4) is 11.3 Å². The summed E-state index contributed by atoms with van der Waals surface area (Å²) in [5.74, 6) is -0.995. The molecule has 0 saturated carbocycles. The van der Waals surface area contributed by atoms with Gasteiger partial charge >= 0.3 is 6.18 Å². The van der Waals surface area contributed by atoms with Gasteiger partial charge in [0, 0.05) is 11.1 Å². The monoisotopic (exact) mass is 288 g/mol. The average molecular weight is 288 g/mol. The average Bonchev–Trinajstić information content (AvgIpc) is 2.70. The van der Waals surface area contributed by atoms with Crippen LogP contribution in [0.15, 0.2) is 22.7 Å². The number of nitrogens with two attached hydrogens (primary N) is 1. The third-order valence-electron chi connectivity index (χ3n) is 2.88. The van der Waals surface area contributed by atoms with Crippen LogP contribution in [-0.2, 0) is 6.18 Å². The minimum Gasteiger partial charge on any atom is -0.367 e. The molecule has 0 radical (unpaired) electrons. The van der Waals surface area contributed by atoms with Crippen LogP contribution in [0.2, 0.25) is 0 Å². The number of aromatic nitrogens is 1. The Morgan fingerprint density at radius 1 is 1.25 bits per heavy atom. The van der Waals surface area contributed by atoms with E-state index in [4.69, 9.17) is 10.3 Å². The summed E-state index contributed by atoms with van der Waals surface area (Å²) in [6.45, 7) is 3.52. The van der Waals surface area contributed by atoms with Crippen molar-refractivity contribution in [2.45, 2.75) is 25.9 Å². The molecule has 0 bridgehead atoms. The first kappa shape index (κ1) is 14.4. The predicted octanol–water partition coefficient (Wildman–Crippen LogP) is 4.21. The van der Waals surface area contributed by atoms with Gasteiger partial charge in [0.15, 0.2) is 0 Å². The zero-order valence-electron chi connectivity index (χ0n) is 10.8. The third kappa shape index (κ3) is 2.48. The lowest BCUT2D eigenvalue weighted by Crippen LogP contribution is -2.06. The van der Waals surface area contributed by atoms with Gasteiger partial charge in [0.05, 0.1) is 5.56 Å². The Morgan fingerprint density at radius 3 is 2.45 bits per heavy atom. The van der Waals surface area contributed by atoms with Crippen LogP contribution in [0.3, 0.4) is 0 Å². The van der Waals surface area contributed by atoms with E-state index in [-0.39, 0.29) is 23.1 Å². The van der Waals surface area contributed by atoms with Gasteiger partial charge in [0.2, 0.25) is 5.88 Å². The van der Waals surface area contributed by atoms with Crippen molar-refractivity contribution >= 4 is 5.88 Å². The summed E-state index contributed by atoms with van der Waals surface area (Å²) in [6.07, 6.45) is -4.56. The molecule has 0 saturated heterocycles. The van der Waals surface area contributed by atoms with Crippen LogP contribution < -0.4 is 5.73 Å². The highest BCUT2D eigenvalue weighted by atomic mass is 19.4. The summed E-state index contributed by atoms with van der Waals surface area (Å²) in [7, 11) is 0. The molecule has 0 atom stereocenters. The molecule has 1 aromatic carbocycles. The van der Waals surface area contributed by atoms with Crippen molar-refractivity contribution < 1.29 is 22.1 Å². The fourth-order valence-corrected chi connectivity index (χ4v) is 1.95. The van der Waals surface area contributed by atoms with E-state index in [2.05, 4.69) is 5.16 Å². The summed E-state index contributed by atoms with van der Waals surface area (Å²) in [5, 5.41) is 3.58. The number of nitrogens with zero attached hydrogens (tertiary/aromatic N) is 1. The Hall–Kier alpha value is -2.05. The van der Waals surface area contributed by atoms with Gasteiger partial charge in [-0.15, -0.1) is 0 Å². The third-order valence-corrected chi connectivity index (χ3v) is 2.88. The highest BCUT2D eigenvalue weighted by molar-refractivity contribution is 5.69. The first-order valence-corrected chi connectivity index (χ1v) is 5.84. The molecule has 0 unspecified atom stereocenters. The van der Waals surface area contributed by atoms with Gasteiger partial charge in [0.1, 0.15) is 11.5 Å². The number of alkyl halides is 3.